The fourth-order valence-corrected chi connectivity index (χ4v) is 4.09. The van der Waals surface area contributed by atoms with Gasteiger partial charge in [-0.2, -0.15) is 0 Å². The van der Waals surface area contributed by atoms with Crippen LogP contribution in [0.5, 0.6) is 0 Å². The van der Waals surface area contributed by atoms with E-state index < -0.39 is 10.0 Å². The lowest BCUT2D eigenvalue weighted by Gasteiger charge is -2.07. The van der Waals surface area contributed by atoms with Crippen molar-refractivity contribution in [3.63, 3.8) is 0 Å². The van der Waals surface area contributed by atoms with E-state index in [9.17, 15) is 8.42 Å². The van der Waals surface area contributed by atoms with Crippen LogP contribution in [0.1, 0.15) is 10.4 Å². The molecular weight excluding hydrogens is 372 g/mol. The third-order valence-corrected chi connectivity index (χ3v) is 5.83. The molecule has 0 aliphatic rings. The van der Waals surface area contributed by atoms with Gasteiger partial charge in [0.2, 0.25) is 10.0 Å². The molecule has 0 saturated carbocycles. The van der Waals surface area contributed by atoms with Gasteiger partial charge >= 0.3 is 0 Å². The van der Waals surface area contributed by atoms with Crippen LogP contribution in [0.3, 0.4) is 0 Å². The van der Waals surface area contributed by atoms with Gasteiger partial charge in [0.05, 0.1) is 5.75 Å². The Morgan fingerprint density at radius 3 is 2.57 bits per heavy atom. The lowest BCUT2D eigenvalue weighted by molar-refractivity contribution is 0.576. The lowest BCUT2D eigenvalue weighted by atomic mass is 10.2. The third kappa shape index (κ3) is 6.27. The number of sulfonamides is 1. The first-order valence-corrected chi connectivity index (χ1v) is 9.82. The maximum absolute atomic E-state index is 11.9. The molecule has 0 aliphatic carbocycles. The molecule has 7 heteroatoms. The number of nitrogens with one attached hydrogen (secondary N) is 2. The second-order valence-electron chi connectivity index (χ2n) is 4.53. The first-order valence-electron chi connectivity index (χ1n) is 6.50. The number of hydrogen-bond acceptors (Lipinski definition) is 4. The highest BCUT2D eigenvalue weighted by molar-refractivity contribution is 9.10. The van der Waals surface area contributed by atoms with E-state index in [1.807, 2.05) is 41.8 Å². The van der Waals surface area contributed by atoms with Crippen LogP contribution in [0.25, 0.3) is 0 Å². The van der Waals surface area contributed by atoms with Gasteiger partial charge in [0.25, 0.3) is 0 Å². The van der Waals surface area contributed by atoms with Crippen LogP contribution in [0, 0.1) is 0 Å². The van der Waals surface area contributed by atoms with Crippen molar-refractivity contribution < 1.29 is 8.42 Å². The minimum Gasteiger partial charge on any atom is -0.311 e. The monoisotopic (exact) mass is 388 g/mol. The summed E-state index contributed by atoms with van der Waals surface area (Å²) in [6.07, 6.45) is 0. The molecule has 2 rings (SSSR count). The average Bonchev–Trinajstić information content (AvgIpc) is 2.88. The van der Waals surface area contributed by atoms with Gasteiger partial charge in [-0.25, -0.2) is 13.1 Å². The molecule has 0 bridgehead atoms. The molecule has 1 aromatic carbocycles. The van der Waals surface area contributed by atoms with Crippen LogP contribution >= 0.6 is 27.3 Å². The van der Waals surface area contributed by atoms with Crippen LogP contribution in [-0.4, -0.2) is 20.7 Å². The van der Waals surface area contributed by atoms with Gasteiger partial charge in [-0.15, -0.1) is 11.3 Å². The zero-order valence-electron chi connectivity index (χ0n) is 11.4. The standard InChI is InChI=1S/C14H17BrN2O2S2/c15-13-8-14(20-11-13)10-16-6-7-21(18,19)17-9-12-4-2-1-3-5-12/h1-5,8,11,16-17H,6-7,9-10H2. The molecule has 21 heavy (non-hydrogen) atoms. The summed E-state index contributed by atoms with van der Waals surface area (Å²) in [5.41, 5.74) is 0.956. The van der Waals surface area contributed by atoms with Gasteiger partial charge < -0.3 is 5.32 Å². The van der Waals surface area contributed by atoms with E-state index in [0.29, 0.717) is 19.6 Å². The smallest absolute Gasteiger partial charge is 0.213 e. The molecule has 0 spiro atoms. The molecule has 0 aliphatic heterocycles. The van der Waals surface area contributed by atoms with E-state index in [-0.39, 0.29) is 5.75 Å². The SMILES string of the molecule is O=S(=O)(CCNCc1cc(Br)cs1)NCc1ccccc1. The van der Waals surface area contributed by atoms with E-state index in [4.69, 9.17) is 0 Å². The zero-order chi connectivity index (χ0) is 15.1. The minimum absolute atomic E-state index is 0.0758. The third-order valence-electron chi connectivity index (χ3n) is 2.81. The Kier molecular flexibility index (Phi) is 6.38. The van der Waals surface area contributed by atoms with Gasteiger partial charge in [0.1, 0.15) is 0 Å². The van der Waals surface area contributed by atoms with Crippen LogP contribution in [0.2, 0.25) is 0 Å². The fourth-order valence-electron chi connectivity index (χ4n) is 1.73. The summed E-state index contributed by atoms with van der Waals surface area (Å²) in [5, 5.41) is 5.15. The van der Waals surface area contributed by atoms with Crippen molar-refractivity contribution >= 4 is 37.3 Å². The summed E-state index contributed by atoms with van der Waals surface area (Å²) in [7, 11) is -3.25. The van der Waals surface area contributed by atoms with Crippen molar-refractivity contribution in [1.29, 1.82) is 0 Å². The van der Waals surface area contributed by atoms with Crippen LogP contribution in [-0.2, 0) is 23.1 Å². The van der Waals surface area contributed by atoms with Crippen molar-refractivity contribution in [1.82, 2.24) is 10.0 Å². The normalized spacial score (nSPS) is 11.7. The Morgan fingerprint density at radius 1 is 1.14 bits per heavy atom. The van der Waals surface area contributed by atoms with Crippen LogP contribution < -0.4 is 10.0 Å². The van der Waals surface area contributed by atoms with Gasteiger partial charge in [-0.3, -0.25) is 0 Å². The largest absolute Gasteiger partial charge is 0.311 e. The molecule has 4 nitrogen and oxygen atoms in total. The van der Waals surface area contributed by atoms with E-state index >= 15 is 0 Å². The van der Waals surface area contributed by atoms with E-state index in [0.717, 1.165) is 10.0 Å². The van der Waals surface area contributed by atoms with Crippen LogP contribution in [0.4, 0.5) is 0 Å². The molecule has 1 aromatic heterocycles. The van der Waals surface area contributed by atoms with Crippen molar-refractivity contribution in [3.8, 4) is 0 Å². The molecular formula is C14H17BrN2O2S2. The van der Waals surface area contributed by atoms with E-state index in [1.54, 1.807) is 11.3 Å². The van der Waals surface area contributed by atoms with E-state index in [2.05, 4.69) is 26.0 Å². The van der Waals surface area contributed by atoms with Gasteiger partial charge in [-0.1, -0.05) is 30.3 Å². The summed E-state index contributed by atoms with van der Waals surface area (Å²) >= 11 is 5.03. The number of halogens is 1. The lowest BCUT2D eigenvalue weighted by Crippen LogP contribution is -2.31. The summed E-state index contributed by atoms with van der Waals surface area (Å²) < 4.78 is 27.4. The summed E-state index contributed by atoms with van der Waals surface area (Å²) in [4.78, 5) is 1.18. The quantitative estimate of drug-likeness (QED) is 0.683. The number of hydrogen-bond donors (Lipinski definition) is 2. The van der Waals surface area contributed by atoms with Gasteiger partial charge in [0.15, 0.2) is 0 Å². The number of benzene rings is 1. The Bertz CT molecular complexity index is 657. The summed E-state index contributed by atoms with van der Waals surface area (Å²) in [6, 6.07) is 11.5. The summed E-state index contributed by atoms with van der Waals surface area (Å²) in [6.45, 7) is 1.45. The van der Waals surface area contributed by atoms with Crippen molar-refractivity contribution in [3.05, 3.63) is 56.7 Å². The topological polar surface area (TPSA) is 58.2 Å². The van der Waals surface area contributed by atoms with Crippen LogP contribution in [0.15, 0.2) is 46.3 Å². The first kappa shape index (κ1) is 16.6. The molecule has 1 heterocycles. The molecule has 0 radical (unpaired) electrons. The minimum atomic E-state index is -3.25. The maximum atomic E-state index is 11.9. The number of thiophene rings is 1. The highest BCUT2D eigenvalue weighted by atomic mass is 79.9. The summed E-state index contributed by atoms with van der Waals surface area (Å²) in [5.74, 6) is 0.0758. The van der Waals surface area contributed by atoms with Gasteiger partial charge in [-0.05, 0) is 27.6 Å². The van der Waals surface area contributed by atoms with E-state index in [1.165, 1.54) is 4.88 Å². The maximum Gasteiger partial charge on any atom is 0.213 e. The second kappa shape index (κ2) is 8.05. The van der Waals surface area contributed by atoms with Crippen molar-refractivity contribution in [2.24, 2.45) is 0 Å². The Balaban J connectivity index is 1.69. The molecule has 0 atom stereocenters. The molecule has 2 N–H and O–H groups in total. The highest BCUT2D eigenvalue weighted by Crippen LogP contribution is 2.19. The first-order chi connectivity index (χ1) is 10.1. The predicted molar refractivity (Wildman–Crippen MR) is 90.8 cm³/mol. The molecule has 0 saturated heterocycles. The molecule has 0 fully saturated rings. The molecule has 114 valence electrons. The van der Waals surface area contributed by atoms with Crippen molar-refractivity contribution in [2.75, 3.05) is 12.3 Å². The highest BCUT2D eigenvalue weighted by Gasteiger charge is 2.09. The van der Waals surface area contributed by atoms with Gasteiger partial charge in [0, 0.05) is 34.4 Å². The average molecular weight is 389 g/mol. The molecule has 0 amide bonds. The fraction of sp³-hybridized carbons (Fsp3) is 0.286. The Labute approximate surface area is 137 Å². The second-order valence-corrected chi connectivity index (χ2v) is 8.37. The number of rotatable bonds is 8. The Morgan fingerprint density at radius 2 is 1.90 bits per heavy atom. The Hall–Kier alpha value is -0.730. The molecule has 2 aromatic rings. The zero-order valence-corrected chi connectivity index (χ0v) is 14.6. The predicted octanol–water partition coefficient (Wildman–Crippen LogP) is 2.72. The van der Waals surface area contributed by atoms with Crippen molar-refractivity contribution in [2.45, 2.75) is 13.1 Å². The molecule has 0 unspecified atom stereocenters.